The van der Waals surface area contributed by atoms with Gasteiger partial charge in [-0.25, -0.2) is 9.37 Å². The Hall–Kier alpha value is -2.42. The molecule has 0 radical (unpaired) electrons. The molecule has 0 amide bonds. The molecule has 0 fully saturated rings. The van der Waals surface area contributed by atoms with Crippen molar-refractivity contribution in [1.29, 1.82) is 0 Å². The summed E-state index contributed by atoms with van der Waals surface area (Å²) in [6.45, 7) is 4.15. The number of rotatable bonds is 2. The van der Waals surface area contributed by atoms with E-state index in [-0.39, 0.29) is 5.82 Å². The van der Waals surface area contributed by atoms with E-state index in [1.54, 1.807) is 18.3 Å². The lowest BCUT2D eigenvalue weighted by Gasteiger charge is -2.10. The molecule has 1 aromatic heterocycles. The molecule has 1 heterocycles. The first-order valence-corrected chi connectivity index (χ1v) is 6.51. The van der Waals surface area contributed by atoms with Gasteiger partial charge in [0.25, 0.3) is 0 Å². The van der Waals surface area contributed by atoms with Crippen LogP contribution in [0.5, 0.6) is 0 Å². The highest BCUT2D eigenvalue weighted by Crippen LogP contribution is 2.23. The van der Waals surface area contributed by atoms with Gasteiger partial charge in [-0.1, -0.05) is 6.07 Å². The topological polar surface area (TPSA) is 17.8 Å². The summed E-state index contributed by atoms with van der Waals surface area (Å²) in [4.78, 5) is 4.39. The zero-order valence-electron chi connectivity index (χ0n) is 11.5. The minimum Gasteiger partial charge on any atom is -0.300 e. The van der Waals surface area contributed by atoms with Crippen LogP contribution in [0.2, 0.25) is 0 Å². The first-order valence-electron chi connectivity index (χ1n) is 6.51. The first kappa shape index (κ1) is 12.6. The maximum absolute atomic E-state index is 13.0. The van der Waals surface area contributed by atoms with Crippen LogP contribution < -0.4 is 0 Å². The van der Waals surface area contributed by atoms with E-state index < -0.39 is 0 Å². The van der Waals surface area contributed by atoms with Crippen LogP contribution in [0.3, 0.4) is 0 Å². The quantitative estimate of drug-likeness (QED) is 0.676. The van der Waals surface area contributed by atoms with Crippen molar-refractivity contribution in [2.24, 2.45) is 0 Å². The highest BCUT2D eigenvalue weighted by Gasteiger charge is 2.08. The minimum absolute atomic E-state index is 0.238. The Balaban J connectivity index is 2.12. The molecule has 2 aromatic carbocycles. The van der Waals surface area contributed by atoms with Crippen LogP contribution >= 0.6 is 0 Å². The van der Waals surface area contributed by atoms with Crippen molar-refractivity contribution in [2.75, 3.05) is 0 Å². The fraction of sp³-hybridized carbons (Fsp3) is 0.118. The maximum Gasteiger partial charge on any atom is 0.144 e. The van der Waals surface area contributed by atoms with Crippen molar-refractivity contribution in [2.45, 2.75) is 13.8 Å². The van der Waals surface area contributed by atoms with E-state index in [1.807, 2.05) is 10.8 Å². The van der Waals surface area contributed by atoms with Crippen LogP contribution in [0.15, 0.2) is 54.9 Å². The molecular weight excluding hydrogens is 251 g/mol. The zero-order valence-corrected chi connectivity index (χ0v) is 11.5. The monoisotopic (exact) mass is 266 g/mol. The van der Waals surface area contributed by atoms with Gasteiger partial charge in [-0.15, -0.1) is 0 Å². The SMILES string of the molecule is Cc1cc(C)cc(-n2ccnc2-c2ccc(F)cc2)c1. The lowest BCUT2D eigenvalue weighted by Crippen LogP contribution is -1.97. The summed E-state index contributed by atoms with van der Waals surface area (Å²) in [7, 11) is 0. The van der Waals surface area contributed by atoms with Crippen molar-refractivity contribution in [3.05, 3.63) is 71.8 Å². The summed E-state index contributed by atoms with van der Waals surface area (Å²) in [5.41, 5.74) is 4.38. The van der Waals surface area contributed by atoms with E-state index in [9.17, 15) is 4.39 Å². The standard InChI is InChI=1S/C17H15FN2/c1-12-9-13(2)11-16(10-12)20-8-7-19-17(20)14-3-5-15(18)6-4-14/h3-11H,1-2H3. The normalized spacial score (nSPS) is 10.8. The predicted octanol–water partition coefficient (Wildman–Crippen LogP) is 4.30. The number of imidazole rings is 1. The lowest BCUT2D eigenvalue weighted by atomic mass is 10.1. The lowest BCUT2D eigenvalue weighted by molar-refractivity contribution is 0.628. The van der Waals surface area contributed by atoms with Crippen molar-refractivity contribution < 1.29 is 4.39 Å². The van der Waals surface area contributed by atoms with Crippen molar-refractivity contribution >= 4 is 0 Å². The number of aryl methyl sites for hydroxylation is 2. The molecule has 0 atom stereocenters. The summed E-state index contributed by atoms with van der Waals surface area (Å²) in [6, 6.07) is 12.8. The number of hydrogen-bond donors (Lipinski definition) is 0. The van der Waals surface area contributed by atoms with Gasteiger partial charge < -0.3 is 0 Å². The third-order valence-corrected chi connectivity index (χ3v) is 3.23. The van der Waals surface area contributed by atoms with Crippen LogP contribution in [0.1, 0.15) is 11.1 Å². The Morgan fingerprint density at radius 1 is 0.950 bits per heavy atom. The van der Waals surface area contributed by atoms with Gasteiger partial charge in [0.05, 0.1) is 0 Å². The van der Waals surface area contributed by atoms with E-state index in [0.717, 1.165) is 17.1 Å². The number of hydrogen-bond acceptors (Lipinski definition) is 1. The van der Waals surface area contributed by atoms with Crippen molar-refractivity contribution in [3.8, 4) is 17.1 Å². The van der Waals surface area contributed by atoms with Crippen LogP contribution in [0.25, 0.3) is 17.1 Å². The van der Waals surface area contributed by atoms with Gasteiger partial charge in [-0.3, -0.25) is 4.57 Å². The molecule has 0 saturated heterocycles. The van der Waals surface area contributed by atoms with E-state index in [4.69, 9.17) is 0 Å². The van der Waals surface area contributed by atoms with Gasteiger partial charge in [0.2, 0.25) is 0 Å². The summed E-state index contributed by atoms with van der Waals surface area (Å²) in [6.07, 6.45) is 3.68. The minimum atomic E-state index is -0.238. The average Bonchev–Trinajstić information content (AvgIpc) is 2.87. The summed E-state index contributed by atoms with van der Waals surface area (Å²) < 4.78 is 15.1. The fourth-order valence-electron chi connectivity index (χ4n) is 2.41. The zero-order chi connectivity index (χ0) is 14.1. The molecule has 20 heavy (non-hydrogen) atoms. The van der Waals surface area contributed by atoms with Crippen LogP contribution in [-0.4, -0.2) is 9.55 Å². The summed E-state index contributed by atoms with van der Waals surface area (Å²) in [5, 5.41) is 0. The Morgan fingerprint density at radius 3 is 2.25 bits per heavy atom. The van der Waals surface area contributed by atoms with Gasteiger partial charge in [-0.05, 0) is 61.4 Å². The van der Waals surface area contributed by atoms with Crippen LogP contribution in [0.4, 0.5) is 4.39 Å². The molecular formula is C17H15FN2. The Labute approximate surface area is 117 Å². The van der Waals surface area contributed by atoms with E-state index in [2.05, 4.69) is 37.0 Å². The smallest absolute Gasteiger partial charge is 0.144 e. The highest BCUT2D eigenvalue weighted by atomic mass is 19.1. The molecule has 0 N–H and O–H groups in total. The Morgan fingerprint density at radius 2 is 1.60 bits per heavy atom. The predicted molar refractivity (Wildman–Crippen MR) is 78.4 cm³/mol. The summed E-state index contributed by atoms with van der Waals surface area (Å²) in [5.74, 6) is 0.577. The van der Waals surface area contributed by atoms with Gasteiger partial charge >= 0.3 is 0 Å². The third kappa shape index (κ3) is 2.35. The van der Waals surface area contributed by atoms with Crippen LogP contribution in [-0.2, 0) is 0 Å². The number of benzene rings is 2. The summed E-state index contributed by atoms with van der Waals surface area (Å²) >= 11 is 0. The second-order valence-electron chi connectivity index (χ2n) is 4.97. The molecule has 3 rings (SSSR count). The second-order valence-corrected chi connectivity index (χ2v) is 4.97. The number of nitrogens with zero attached hydrogens (tertiary/aromatic N) is 2. The van der Waals surface area contributed by atoms with Crippen molar-refractivity contribution in [1.82, 2.24) is 9.55 Å². The average molecular weight is 266 g/mol. The molecule has 0 aliphatic heterocycles. The highest BCUT2D eigenvalue weighted by molar-refractivity contribution is 5.59. The van der Waals surface area contributed by atoms with Crippen molar-refractivity contribution in [3.63, 3.8) is 0 Å². The Kier molecular flexibility index (Phi) is 3.11. The molecule has 0 bridgehead atoms. The molecule has 0 aliphatic carbocycles. The number of halogens is 1. The molecule has 100 valence electrons. The van der Waals surface area contributed by atoms with Gasteiger partial charge in [0.1, 0.15) is 11.6 Å². The van der Waals surface area contributed by atoms with E-state index in [1.165, 1.54) is 23.3 Å². The molecule has 3 aromatic rings. The largest absolute Gasteiger partial charge is 0.300 e. The first-order chi connectivity index (χ1) is 9.63. The van der Waals surface area contributed by atoms with E-state index in [0.29, 0.717) is 0 Å². The molecule has 0 aliphatic rings. The third-order valence-electron chi connectivity index (χ3n) is 3.23. The molecule has 2 nitrogen and oxygen atoms in total. The fourth-order valence-corrected chi connectivity index (χ4v) is 2.41. The number of aromatic nitrogens is 2. The van der Waals surface area contributed by atoms with E-state index >= 15 is 0 Å². The van der Waals surface area contributed by atoms with Gasteiger partial charge in [0, 0.05) is 23.6 Å². The molecule has 0 saturated carbocycles. The molecule has 3 heteroatoms. The second kappa shape index (κ2) is 4.93. The van der Waals surface area contributed by atoms with Gasteiger partial charge in [-0.2, -0.15) is 0 Å². The molecule has 0 spiro atoms. The Bertz CT molecular complexity index is 722. The van der Waals surface area contributed by atoms with Gasteiger partial charge in [0.15, 0.2) is 0 Å². The maximum atomic E-state index is 13.0. The molecule has 0 unspecified atom stereocenters. The van der Waals surface area contributed by atoms with Crippen LogP contribution in [0, 0.1) is 19.7 Å².